The van der Waals surface area contributed by atoms with E-state index in [4.69, 9.17) is 9.15 Å². The van der Waals surface area contributed by atoms with Gasteiger partial charge in [0.2, 0.25) is 5.95 Å². The second-order valence-electron chi connectivity index (χ2n) is 8.00. The summed E-state index contributed by atoms with van der Waals surface area (Å²) < 4.78 is 13.4. The second kappa shape index (κ2) is 6.95. The average Bonchev–Trinajstić information content (AvgIpc) is 3.26. The summed E-state index contributed by atoms with van der Waals surface area (Å²) in [7, 11) is 0. The van der Waals surface area contributed by atoms with Crippen LogP contribution in [-0.4, -0.2) is 26.4 Å². The van der Waals surface area contributed by atoms with E-state index in [0.717, 1.165) is 11.1 Å². The Morgan fingerprint density at radius 1 is 1.34 bits per heavy atom. The number of ether oxygens (including phenoxy) is 1. The zero-order chi connectivity index (χ0) is 20.8. The summed E-state index contributed by atoms with van der Waals surface area (Å²) in [5, 5.41) is 8.99. The highest BCUT2D eigenvalue weighted by molar-refractivity contribution is 5.84. The van der Waals surface area contributed by atoms with Crippen molar-refractivity contribution in [2.75, 3.05) is 11.9 Å². The van der Waals surface area contributed by atoms with Crippen LogP contribution in [0.2, 0.25) is 0 Å². The standard InChI is InChI=1S/C21H25N5O3/c1-6-28-15-9-7-8-13-10-16(29-17(13)15)12(2)23-20-24-18-14(19(27)25-20)11-22-26(18)21(3,4)5/h7-12H,6H2,1-5H3,(H2,23,24,25,27). The van der Waals surface area contributed by atoms with E-state index in [-0.39, 0.29) is 17.1 Å². The second-order valence-corrected chi connectivity index (χ2v) is 8.00. The lowest BCUT2D eigenvalue weighted by Crippen LogP contribution is -2.24. The summed E-state index contributed by atoms with van der Waals surface area (Å²) in [6.45, 7) is 10.5. The van der Waals surface area contributed by atoms with E-state index >= 15 is 0 Å². The number of anilines is 1. The minimum Gasteiger partial charge on any atom is -0.490 e. The molecule has 0 amide bonds. The van der Waals surface area contributed by atoms with Crippen LogP contribution in [0.1, 0.15) is 46.4 Å². The van der Waals surface area contributed by atoms with E-state index in [9.17, 15) is 4.79 Å². The highest BCUT2D eigenvalue weighted by Gasteiger charge is 2.21. The average molecular weight is 395 g/mol. The molecule has 0 aliphatic heterocycles. The van der Waals surface area contributed by atoms with Crippen LogP contribution in [0.3, 0.4) is 0 Å². The fourth-order valence-corrected chi connectivity index (χ4v) is 3.29. The Morgan fingerprint density at radius 2 is 2.14 bits per heavy atom. The van der Waals surface area contributed by atoms with Crippen LogP contribution in [0.15, 0.2) is 39.7 Å². The van der Waals surface area contributed by atoms with Crippen LogP contribution in [0, 0.1) is 0 Å². The molecule has 0 fully saturated rings. The van der Waals surface area contributed by atoms with Crippen LogP contribution in [0.5, 0.6) is 5.75 Å². The van der Waals surface area contributed by atoms with E-state index in [1.54, 1.807) is 10.9 Å². The molecule has 0 saturated heterocycles. The molecule has 0 aliphatic rings. The lowest BCUT2D eigenvalue weighted by Gasteiger charge is -2.20. The monoisotopic (exact) mass is 395 g/mol. The summed E-state index contributed by atoms with van der Waals surface area (Å²) in [6.07, 6.45) is 1.55. The number of rotatable bonds is 5. The van der Waals surface area contributed by atoms with Gasteiger partial charge in [-0.1, -0.05) is 12.1 Å². The van der Waals surface area contributed by atoms with Gasteiger partial charge in [0.25, 0.3) is 5.56 Å². The summed E-state index contributed by atoms with van der Waals surface area (Å²) >= 11 is 0. The molecule has 0 saturated carbocycles. The van der Waals surface area contributed by atoms with E-state index in [1.165, 1.54) is 0 Å². The lowest BCUT2D eigenvalue weighted by atomic mass is 10.1. The maximum atomic E-state index is 12.5. The predicted octanol–water partition coefficient (Wildman–Crippen LogP) is 4.19. The van der Waals surface area contributed by atoms with Gasteiger partial charge in [-0.15, -0.1) is 0 Å². The van der Waals surface area contributed by atoms with Crippen LogP contribution in [-0.2, 0) is 5.54 Å². The number of fused-ring (bicyclic) bond motifs is 2. The smallest absolute Gasteiger partial charge is 0.263 e. The van der Waals surface area contributed by atoms with E-state index < -0.39 is 0 Å². The minimum atomic E-state index is -0.292. The molecule has 4 rings (SSSR count). The van der Waals surface area contributed by atoms with E-state index in [1.807, 2.05) is 58.9 Å². The number of hydrogen-bond acceptors (Lipinski definition) is 6. The van der Waals surface area contributed by atoms with Gasteiger partial charge >= 0.3 is 0 Å². The molecule has 1 unspecified atom stereocenters. The molecule has 8 heteroatoms. The highest BCUT2D eigenvalue weighted by Crippen LogP contribution is 2.32. The van der Waals surface area contributed by atoms with Gasteiger partial charge in [0.1, 0.15) is 11.1 Å². The van der Waals surface area contributed by atoms with Crippen molar-refractivity contribution in [2.45, 2.75) is 46.2 Å². The Labute approximate surface area is 167 Å². The summed E-state index contributed by atoms with van der Waals surface area (Å²) in [5.41, 5.74) is 0.725. The predicted molar refractivity (Wildman–Crippen MR) is 113 cm³/mol. The number of benzene rings is 1. The van der Waals surface area contributed by atoms with Crippen molar-refractivity contribution in [1.29, 1.82) is 0 Å². The largest absolute Gasteiger partial charge is 0.490 e. The molecule has 0 bridgehead atoms. The number of nitrogens with one attached hydrogen (secondary N) is 2. The van der Waals surface area contributed by atoms with Gasteiger partial charge in [-0.2, -0.15) is 10.1 Å². The molecule has 0 radical (unpaired) electrons. The Kier molecular flexibility index (Phi) is 4.56. The topological polar surface area (TPSA) is 98.0 Å². The van der Waals surface area contributed by atoms with Gasteiger partial charge in [0.15, 0.2) is 17.0 Å². The molecular formula is C21H25N5O3. The van der Waals surface area contributed by atoms with Gasteiger partial charge in [0.05, 0.1) is 24.4 Å². The number of hydrogen-bond donors (Lipinski definition) is 2. The molecule has 8 nitrogen and oxygen atoms in total. The Bertz CT molecular complexity index is 1230. The minimum absolute atomic E-state index is 0.219. The molecule has 0 aliphatic carbocycles. The van der Waals surface area contributed by atoms with E-state index in [2.05, 4.69) is 20.4 Å². The number of nitrogens with zero attached hydrogens (tertiary/aromatic N) is 3. The van der Waals surface area contributed by atoms with Crippen molar-refractivity contribution in [3.05, 3.63) is 46.6 Å². The van der Waals surface area contributed by atoms with Crippen molar-refractivity contribution in [1.82, 2.24) is 19.7 Å². The zero-order valence-electron chi connectivity index (χ0n) is 17.2. The lowest BCUT2D eigenvalue weighted by molar-refractivity contribution is 0.337. The van der Waals surface area contributed by atoms with E-state index in [0.29, 0.717) is 34.9 Å². The number of furan rings is 1. The van der Waals surface area contributed by atoms with Gasteiger partial charge in [-0.05, 0) is 46.8 Å². The molecule has 152 valence electrons. The Hall–Kier alpha value is -3.29. The molecule has 0 spiro atoms. The number of H-pyrrole nitrogens is 1. The first-order chi connectivity index (χ1) is 13.8. The van der Waals surface area contributed by atoms with Crippen molar-refractivity contribution in [3.63, 3.8) is 0 Å². The van der Waals surface area contributed by atoms with Gasteiger partial charge in [-0.3, -0.25) is 9.78 Å². The van der Waals surface area contributed by atoms with Crippen LogP contribution < -0.4 is 15.6 Å². The SMILES string of the molecule is CCOc1cccc2cc(C(C)Nc3nc4c(cnn4C(C)(C)C)c(=O)[nH]3)oc12. The van der Waals surface area contributed by atoms with Crippen molar-refractivity contribution < 1.29 is 9.15 Å². The third-order valence-electron chi connectivity index (χ3n) is 4.68. The maximum absolute atomic E-state index is 12.5. The van der Waals surface area contributed by atoms with Gasteiger partial charge < -0.3 is 14.5 Å². The summed E-state index contributed by atoms with van der Waals surface area (Å²) in [5.74, 6) is 1.80. The molecule has 1 atom stereocenters. The van der Waals surface area contributed by atoms with Crippen LogP contribution in [0.25, 0.3) is 22.0 Å². The van der Waals surface area contributed by atoms with Gasteiger partial charge in [-0.25, -0.2) is 4.68 Å². The van der Waals surface area contributed by atoms with Gasteiger partial charge in [0, 0.05) is 5.39 Å². The third kappa shape index (κ3) is 3.46. The fourth-order valence-electron chi connectivity index (χ4n) is 3.29. The number of aromatic amines is 1. The normalized spacial score (nSPS) is 13.1. The summed E-state index contributed by atoms with van der Waals surface area (Å²) in [6, 6.07) is 7.55. The van der Waals surface area contributed by atoms with Crippen molar-refractivity contribution >= 4 is 28.0 Å². The quantitative estimate of drug-likeness (QED) is 0.526. The third-order valence-corrected chi connectivity index (χ3v) is 4.68. The first kappa shape index (κ1) is 19.0. The first-order valence-electron chi connectivity index (χ1n) is 9.68. The molecule has 1 aromatic carbocycles. The zero-order valence-corrected chi connectivity index (χ0v) is 17.2. The Morgan fingerprint density at radius 3 is 2.86 bits per heavy atom. The molecule has 3 heterocycles. The molecule has 2 N–H and O–H groups in total. The van der Waals surface area contributed by atoms with Crippen molar-refractivity contribution in [3.8, 4) is 5.75 Å². The van der Waals surface area contributed by atoms with Crippen LogP contribution >= 0.6 is 0 Å². The van der Waals surface area contributed by atoms with Crippen molar-refractivity contribution in [2.24, 2.45) is 0 Å². The molecule has 29 heavy (non-hydrogen) atoms. The maximum Gasteiger partial charge on any atom is 0.263 e. The first-order valence-corrected chi connectivity index (χ1v) is 9.68. The van der Waals surface area contributed by atoms with Crippen LogP contribution in [0.4, 0.5) is 5.95 Å². The Balaban J connectivity index is 1.69. The summed E-state index contributed by atoms with van der Waals surface area (Å²) in [4.78, 5) is 19.9. The molecular weight excluding hydrogens is 370 g/mol. The fraction of sp³-hybridized carbons (Fsp3) is 0.381. The molecule has 3 aromatic heterocycles. The highest BCUT2D eigenvalue weighted by atomic mass is 16.5. The number of para-hydroxylation sites is 1. The molecule has 4 aromatic rings. The number of aromatic nitrogens is 4.